The van der Waals surface area contributed by atoms with E-state index in [9.17, 15) is 8.42 Å². The van der Waals surface area contributed by atoms with E-state index in [1.54, 1.807) is 0 Å². The third kappa shape index (κ3) is 3.25. The number of benzene rings is 1. The number of hydrogen-bond acceptors (Lipinski definition) is 3. The first-order valence-electron chi connectivity index (χ1n) is 2.98. The van der Waals surface area contributed by atoms with Crippen LogP contribution in [0.15, 0.2) is 23.1 Å². The standard InChI is InChI=1S/C6H3Cl3O3S.Na.H/c7-4-2-1-3-5(6(4)8)13(10,11)12-9;;/h1-3H;;. The SMILES string of the molecule is O=S(=O)(OCl)c1cccc(Cl)c1Cl.[NaH]. The van der Waals surface area contributed by atoms with E-state index in [0.29, 0.717) is 0 Å². The van der Waals surface area contributed by atoms with Gasteiger partial charge in [0.15, 0.2) is 0 Å². The molecule has 14 heavy (non-hydrogen) atoms. The van der Waals surface area contributed by atoms with Crippen molar-refractivity contribution in [1.29, 1.82) is 0 Å². The van der Waals surface area contributed by atoms with Crippen molar-refractivity contribution in [3.63, 3.8) is 0 Å². The van der Waals surface area contributed by atoms with Crippen molar-refractivity contribution in [2.45, 2.75) is 4.90 Å². The van der Waals surface area contributed by atoms with Gasteiger partial charge in [0.25, 0.3) is 0 Å². The van der Waals surface area contributed by atoms with Gasteiger partial charge in [-0.05, 0) is 12.1 Å². The zero-order chi connectivity index (χ0) is 10.1. The van der Waals surface area contributed by atoms with Gasteiger partial charge >= 0.3 is 39.7 Å². The van der Waals surface area contributed by atoms with E-state index in [0.717, 1.165) is 0 Å². The monoisotopic (exact) mass is 284 g/mol. The second-order valence-electron chi connectivity index (χ2n) is 2.07. The van der Waals surface area contributed by atoms with Crippen LogP contribution < -0.4 is 0 Å². The Morgan fingerprint density at radius 3 is 2.29 bits per heavy atom. The molecule has 0 saturated heterocycles. The predicted molar refractivity (Wildman–Crippen MR) is 57.7 cm³/mol. The molecule has 0 aliphatic rings. The van der Waals surface area contributed by atoms with Crippen LogP contribution in [-0.2, 0) is 13.9 Å². The molecule has 74 valence electrons. The van der Waals surface area contributed by atoms with Gasteiger partial charge in [-0.15, -0.1) is 0 Å². The molecule has 3 nitrogen and oxygen atoms in total. The zero-order valence-electron chi connectivity index (χ0n) is 6.00. The minimum atomic E-state index is -4.00. The third-order valence-electron chi connectivity index (χ3n) is 1.27. The fraction of sp³-hybridized carbons (Fsp3) is 0. The van der Waals surface area contributed by atoms with Crippen LogP contribution in [0.4, 0.5) is 0 Å². The molecule has 0 unspecified atom stereocenters. The molecule has 1 rings (SSSR count). The maximum atomic E-state index is 11.1. The Kier molecular flexibility index (Phi) is 6.34. The van der Waals surface area contributed by atoms with Crippen molar-refractivity contribution in [3.05, 3.63) is 28.2 Å². The van der Waals surface area contributed by atoms with Crippen LogP contribution in [0.5, 0.6) is 0 Å². The molecule has 0 heterocycles. The molecule has 1 aromatic rings. The first-order valence-corrected chi connectivity index (χ1v) is 5.45. The normalized spacial score (nSPS) is 10.8. The molecule has 0 atom stereocenters. The maximum absolute atomic E-state index is 11.1. The Morgan fingerprint density at radius 2 is 1.79 bits per heavy atom. The fourth-order valence-electron chi connectivity index (χ4n) is 0.711. The molecule has 0 aliphatic heterocycles. The molecule has 0 spiro atoms. The van der Waals surface area contributed by atoms with Crippen molar-refractivity contribution >= 4 is 74.7 Å². The summed E-state index contributed by atoms with van der Waals surface area (Å²) in [5.41, 5.74) is 0. The molecule has 0 bridgehead atoms. The summed E-state index contributed by atoms with van der Waals surface area (Å²) in [5.74, 6) is 0. The quantitative estimate of drug-likeness (QED) is 0.783. The average molecular weight is 286 g/mol. The summed E-state index contributed by atoms with van der Waals surface area (Å²) in [6.45, 7) is 0. The van der Waals surface area contributed by atoms with Crippen molar-refractivity contribution in [3.8, 4) is 0 Å². The van der Waals surface area contributed by atoms with Crippen LogP contribution in [0.25, 0.3) is 0 Å². The molecule has 0 fully saturated rings. The second-order valence-corrected chi connectivity index (χ2v) is 4.71. The van der Waals surface area contributed by atoms with Crippen LogP contribution >= 0.6 is 35.1 Å². The third-order valence-corrected chi connectivity index (χ3v) is 3.74. The summed E-state index contributed by atoms with van der Waals surface area (Å²) in [6, 6.07) is 4.13. The van der Waals surface area contributed by atoms with Crippen LogP contribution in [0.1, 0.15) is 0 Å². The number of halogens is 3. The minimum absolute atomic E-state index is 0. The van der Waals surface area contributed by atoms with Crippen LogP contribution in [-0.4, -0.2) is 38.0 Å². The first-order chi connectivity index (χ1) is 5.99. The molecule has 0 aliphatic carbocycles. The van der Waals surface area contributed by atoms with Gasteiger partial charge in [0, 0.05) is 0 Å². The molecule has 0 aromatic heterocycles. The summed E-state index contributed by atoms with van der Waals surface area (Å²) in [6.07, 6.45) is 0. The summed E-state index contributed by atoms with van der Waals surface area (Å²) in [4.78, 5) is -0.253. The van der Waals surface area contributed by atoms with E-state index in [2.05, 4.69) is 3.74 Å². The van der Waals surface area contributed by atoms with Crippen molar-refractivity contribution in [1.82, 2.24) is 0 Å². The van der Waals surface area contributed by atoms with Crippen LogP contribution in [0, 0.1) is 0 Å². The van der Waals surface area contributed by atoms with Gasteiger partial charge in [-0.2, -0.15) is 12.2 Å². The van der Waals surface area contributed by atoms with E-state index in [4.69, 9.17) is 35.1 Å². The van der Waals surface area contributed by atoms with Crippen molar-refractivity contribution in [2.75, 3.05) is 0 Å². The first kappa shape index (κ1) is 15.0. The van der Waals surface area contributed by atoms with Crippen LogP contribution in [0.2, 0.25) is 10.0 Å². The molecule has 0 saturated carbocycles. The van der Waals surface area contributed by atoms with Gasteiger partial charge in [0.05, 0.1) is 21.9 Å². The van der Waals surface area contributed by atoms with E-state index in [1.807, 2.05) is 0 Å². The molecule has 1 aromatic carbocycles. The van der Waals surface area contributed by atoms with Gasteiger partial charge in [0.1, 0.15) is 4.90 Å². The molecule has 0 N–H and O–H groups in total. The van der Waals surface area contributed by atoms with Crippen LogP contribution in [0.3, 0.4) is 0 Å². The van der Waals surface area contributed by atoms with Gasteiger partial charge in [-0.3, -0.25) is 0 Å². The fourth-order valence-corrected chi connectivity index (χ4v) is 2.20. The van der Waals surface area contributed by atoms with Gasteiger partial charge in [-0.25, -0.2) is 0 Å². The number of rotatable bonds is 2. The van der Waals surface area contributed by atoms with Gasteiger partial charge in [0.2, 0.25) is 0 Å². The second kappa shape index (κ2) is 5.92. The Morgan fingerprint density at radius 1 is 1.21 bits per heavy atom. The summed E-state index contributed by atoms with van der Waals surface area (Å²) < 4.78 is 25.9. The Balaban J connectivity index is 0.00000169. The molecular weight excluding hydrogens is 281 g/mol. The Hall–Kier alpha value is 1.000. The summed E-state index contributed by atoms with van der Waals surface area (Å²) in [5, 5.41) is 0.0151. The van der Waals surface area contributed by atoms with E-state index >= 15 is 0 Å². The van der Waals surface area contributed by atoms with Crippen molar-refractivity contribution in [2.24, 2.45) is 0 Å². The molecule has 0 radical (unpaired) electrons. The molecule has 0 amide bonds. The van der Waals surface area contributed by atoms with Gasteiger partial charge in [-0.1, -0.05) is 29.3 Å². The van der Waals surface area contributed by atoms with Crippen molar-refractivity contribution < 1.29 is 12.2 Å². The Labute approximate surface area is 119 Å². The topological polar surface area (TPSA) is 43.4 Å². The number of hydrogen-bond donors (Lipinski definition) is 0. The molecular formula is C6H4Cl3NaO3S. The van der Waals surface area contributed by atoms with E-state index < -0.39 is 10.1 Å². The predicted octanol–water partition coefficient (Wildman–Crippen LogP) is 2.20. The van der Waals surface area contributed by atoms with Gasteiger partial charge < -0.3 is 0 Å². The summed E-state index contributed by atoms with van der Waals surface area (Å²) in [7, 11) is -4.00. The van der Waals surface area contributed by atoms with E-state index in [-0.39, 0.29) is 44.5 Å². The summed E-state index contributed by atoms with van der Waals surface area (Å²) >= 11 is 16.0. The zero-order valence-corrected chi connectivity index (χ0v) is 9.08. The molecule has 8 heteroatoms. The Bertz CT molecular complexity index is 420. The van der Waals surface area contributed by atoms with E-state index in [1.165, 1.54) is 18.2 Å². The average Bonchev–Trinajstić information content (AvgIpc) is 2.09.